The van der Waals surface area contributed by atoms with E-state index >= 15 is 0 Å². The van der Waals surface area contributed by atoms with Gasteiger partial charge >= 0.3 is 0 Å². The van der Waals surface area contributed by atoms with Gasteiger partial charge in [-0.25, -0.2) is 0 Å². The predicted molar refractivity (Wildman–Crippen MR) is 133 cm³/mol. The minimum absolute atomic E-state index is 0.00311. The summed E-state index contributed by atoms with van der Waals surface area (Å²) < 4.78 is 6.96. The van der Waals surface area contributed by atoms with Crippen molar-refractivity contribution < 1.29 is 19.7 Å². The van der Waals surface area contributed by atoms with E-state index in [-0.39, 0.29) is 29.1 Å². The topological polar surface area (TPSA) is 113 Å². The quantitative estimate of drug-likeness (QED) is 0.454. The van der Waals surface area contributed by atoms with E-state index < -0.39 is 5.91 Å². The molecule has 0 bridgehead atoms. The van der Waals surface area contributed by atoms with E-state index in [1.807, 2.05) is 39.0 Å². The van der Waals surface area contributed by atoms with Gasteiger partial charge in [-0.1, -0.05) is 31.5 Å². The first kappa shape index (κ1) is 25.0. The smallest absolute Gasteiger partial charge is 0.289 e. The number of carbonyl (C=O) groups excluding carboxylic acids is 1. The number of phenols is 2. The van der Waals surface area contributed by atoms with Crippen molar-refractivity contribution >= 4 is 17.5 Å². The van der Waals surface area contributed by atoms with Crippen LogP contribution in [0.4, 0.5) is 0 Å². The third-order valence-corrected chi connectivity index (χ3v) is 6.28. The van der Waals surface area contributed by atoms with E-state index in [0.717, 1.165) is 25.2 Å². The monoisotopic (exact) mass is 499 g/mol. The number of rotatable bonds is 7. The number of carbonyl (C=O) groups is 1. The van der Waals surface area contributed by atoms with Gasteiger partial charge in [-0.2, -0.15) is 0 Å². The number of hydrogen-bond donors (Lipinski definition) is 3. The van der Waals surface area contributed by atoms with Crippen molar-refractivity contribution in [3.63, 3.8) is 0 Å². The highest BCUT2D eigenvalue weighted by molar-refractivity contribution is 6.32. The van der Waals surface area contributed by atoms with Gasteiger partial charge < -0.3 is 20.3 Å². The molecule has 1 aromatic heterocycles. The molecule has 1 saturated heterocycles. The second-order valence-corrected chi connectivity index (χ2v) is 9.21. The van der Waals surface area contributed by atoms with Crippen molar-refractivity contribution in [3.05, 3.63) is 52.3 Å². The highest BCUT2D eigenvalue weighted by Gasteiger charge is 2.25. The Morgan fingerprint density at radius 2 is 1.89 bits per heavy atom. The number of nitrogens with zero attached hydrogens (tertiary/aromatic N) is 4. The predicted octanol–water partition coefficient (Wildman–Crippen LogP) is 3.70. The normalized spacial score (nSPS) is 14.4. The number of aromatic hydroxyl groups is 2. The van der Waals surface area contributed by atoms with Crippen LogP contribution in [0.5, 0.6) is 11.5 Å². The van der Waals surface area contributed by atoms with Gasteiger partial charge in [-0.3, -0.25) is 14.3 Å². The molecule has 10 heteroatoms. The molecular weight excluding hydrogens is 470 g/mol. The van der Waals surface area contributed by atoms with Crippen LogP contribution >= 0.6 is 11.6 Å². The molecular formula is C25H30ClN5O4. The van der Waals surface area contributed by atoms with Crippen LogP contribution in [0, 0.1) is 0 Å². The molecule has 0 spiro atoms. The fourth-order valence-corrected chi connectivity index (χ4v) is 4.44. The van der Waals surface area contributed by atoms with Gasteiger partial charge in [-0.15, -0.1) is 10.2 Å². The first-order valence-corrected chi connectivity index (χ1v) is 12.1. The van der Waals surface area contributed by atoms with Crippen molar-refractivity contribution in [2.45, 2.75) is 33.2 Å². The van der Waals surface area contributed by atoms with Gasteiger partial charge in [0.2, 0.25) is 5.82 Å². The SMILES string of the molecule is CCNC(=O)c1nnc(-c2cc(C(C)C)c(O)cc2O)n1-c1ccc(CN2CCOCC2)cc1Cl. The van der Waals surface area contributed by atoms with Crippen molar-refractivity contribution in [2.24, 2.45) is 0 Å². The first-order chi connectivity index (χ1) is 16.8. The molecule has 0 saturated carbocycles. The second-order valence-electron chi connectivity index (χ2n) is 8.80. The first-order valence-electron chi connectivity index (χ1n) is 11.7. The summed E-state index contributed by atoms with van der Waals surface area (Å²) in [4.78, 5) is 15.1. The van der Waals surface area contributed by atoms with Crippen LogP contribution in [0.25, 0.3) is 17.1 Å². The molecule has 1 amide bonds. The molecule has 2 aromatic carbocycles. The van der Waals surface area contributed by atoms with Crippen LogP contribution in [0.15, 0.2) is 30.3 Å². The van der Waals surface area contributed by atoms with Gasteiger partial charge in [-0.05, 0) is 42.2 Å². The molecule has 0 atom stereocenters. The standard InChI is InChI=1S/C25H30ClN5O4/c1-4-27-25(34)24-29-28-23(18-12-17(15(2)3)21(32)13-22(18)33)31(24)20-6-5-16(11-19(20)26)14-30-7-9-35-10-8-30/h5-6,11-13,15,32-33H,4,7-10,14H2,1-3H3,(H,27,34). The Hall–Kier alpha value is -3.14. The average molecular weight is 500 g/mol. The zero-order valence-corrected chi connectivity index (χ0v) is 20.8. The van der Waals surface area contributed by atoms with E-state index in [4.69, 9.17) is 16.3 Å². The summed E-state index contributed by atoms with van der Waals surface area (Å²) in [7, 11) is 0. The van der Waals surface area contributed by atoms with Crippen LogP contribution in [0.2, 0.25) is 5.02 Å². The van der Waals surface area contributed by atoms with Gasteiger partial charge in [0.15, 0.2) is 5.82 Å². The van der Waals surface area contributed by atoms with Gasteiger partial charge in [0.25, 0.3) is 5.91 Å². The number of phenolic OH excluding ortho intramolecular Hbond substituents is 2. The molecule has 3 N–H and O–H groups in total. The summed E-state index contributed by atoms with van der Waals surface area (Å²) in [5.74, 6) is -0.319. The summed E-state index contributed by atoms with van der Waals surface area (Å²) in [6.07, 6.45) is 0. The Morgan fingerprint density at radius 3 is 2.54 bits per heavy atom. The van der Waals surface area contributed by atoms with Crippen molar-refractivity contribution in [1.82, 2.24) is 25.0 Å². The fraction of sp³-hybridized carbons (Fsp3) is 0.400. The Kier molecular flexibility index (Phi) is 7.59. The molecule has 186 valence electrons. The molecule has 1 aliphatic rings. The molecule has 4 rings (SSSR count). The van der Waals surface area contributed by atoms with Crippen molar-refractivity contribution in [3.8, 4) is 28.6 Å². The number of amides is 1. The van der Waals surface area contributed by atoms with E-state index in [2.05, 4.69) is 20.4 Å². The zero-order valence-electron chi connectivity index (χ0n) is 20.1. The molecule has 1 fully saturated rings. The molecule has 2 heterocycles. The minimum Gasteiger partial charge on any atom is -0.508 e. The van der Waals surface area contributed by atoms with Crippen molar-refractivity contribution in [2.75, 3.05) is 32.8 Å². The van der Waals surface area contributed by atoms with Crippen LogP contribution in [-0.2, 0) is 11.3 Å². The van der Waals surface area contributed by atoms with E-state index in [1.54, 1.807) is 10.6 Å². The second kappa shape index (κ2) is 10.6. The lowest BCUT2D eigenvalue weighted by Gasteiger charge is -2.26. The Morgan fingerprint density at radius 1 is 1.14 bits per heavy atom. The third kappa shape index (κ3) is 5.27. The Balaban J connectivity index is 1.81. The third-order valence-electron chi connectivity index (χ3n) is 5.97. The molecule has 0 unspecified atom stereocenters. The maximum atomic E-state index is 12.8. The fourth-order valence-electron chi connectivity index (χ4n) is 4.16. The van der Waals surface area contributed by atoms with E-state index in [1.165, 1.54) is 6.07 Å². The average Bonchev–Trinajstić information content (AvgIpc) is 3.24. The maximum Gasteiger partial charge on any atom is 0.289 e. The minimum atomic E-state index is -0.415. The summed E-state index contributed by atoms with van der Waals surface area (Å²) in [5.41, 5.74) is 2.52. The summed E-state index contributed by atoms with van der Waals surface area (Å²) in [6, 6.07) is 8.60. The van der Waals surface area contributed by atoms with Crippen molar-refractivity contribution in [1.29, 1.82) is 0 Å². The van der Waals surface area contributed by atoms with Crippen LogP contribution in [0.1, 0.15) is 48.4 Å². The number of hydrogen-bond acceptors (Lipinski definition) is 7. The Labute approximate surface area is 209 Å². The largest absolute Gasteiger partial charge is 0.508 e. The van der Waals surface area contributed by atoms with Gasteiger partial charge in [0.1, 0.15) is 11.5 Å². The summed E-state index contributed by atoms with van der Waals surface area (Å²) >= 11 is 6.74. The number of halogens is 1. The number of benzene rings is 2. The van der Waals surface area contributed by atoms with Crippen LogP contribution < -0.4 is 5.32 Å². The molecule has 3 aromatic rings. The summed E-state index contributed by atoms with van der Waals surface area (Å²) in [6.45, 7) is 9.96. The number of aromatic nitrogens is 3. The number of ether oxygens (including phenoxy) is 1. The zero-order chi connectivity index (χ0) is 25.1. The van der Waals surface area contributed by atoms with Gasteiger partial charge in [0, 0.05) is 32.2 Å². The van der Waals surface area contributed by atoms with E-state index in [0.29, 0.717) is 41.6 Å². The highest BCUT2D eigenvalue weighted by atomic mass is 35.5. The molecule has 0 radical (unpaired) electrons. The lowest BCUT2D eigenvalue weighted by Crippen LogP contribution is -2.35. The lowest BCUT2D eigenvalue weighted by atomic mass is 9.98. The van der Waals surface area contributed by atoms with Crippen LogP contribution in [-0.4, -0.2) is 68.6 Å². The van der Waals surface area contributed by atoms with Crippen LogP contribution in [0.3, 0.4) is 0 Å². The molecule has 1 aliphatic heterocycles. The summed E-state index contributed by atoms with van der Waals surface area (Å²) in [5, 5.41) is 32.5. The van der Waals surface area contributed by atoms with E-state index in [9.17, 15) is 15.0 Å². The molecule has 0 aliphatic carbocycles. The lowest BCUT2D eigenvalue weighted by molar-refractivity contribution is 0.0342. The number of morpholine rings is 1. The van der Waals surface area contributed by atoms with Gasteiger partial charge in [0.05, 0.1) is 29.5 Å². The maximum absolute atomic E-state index is 12.8. The molecule has 35 heavy (non-hydrogen) atoms. The molecule has 9 nitrogen and oxygen atoms in total. The highest BCUT2D eigenvalue weighted by Crippen LogP contribution is 2.39. The number of nitrogens with one attached hydrogen (secondary N) is 1. The Bertz CT molecular complexity index is 1220.